The molecule has 1 amide bonds. The van der Waals surface area contributed by atoms with Crippen molar-refractivity contribution in [2.75, 3.05) is 38.2 Å². The molecule has 0 radical (unpaired) electrons. The number of ether oxygens (including phenoxy) is 1. The van der Waals surface area contributed by atoms with Crippen molar-refractivity contribution in [1.29, 1.82) is 0 Å². The van der Waals surface area contributed by atoms with Crippen molar-refractivity contribution in [3.8, 4) is 5.75 Å². The number of benzene rings is 2. The summed E-state index contributed by atoms with van der Waals surface area (Å²) >= 11 is 1.72. The van der Waals surface area contributed by atoms with Crippen LogP contribution in [0.4, 0.5) is 10.1 Å². The van der Waals surface area contributed by atoms with Crippen LogP contribution in [0.3, 0.4) is 0 Å². The molecule has 1 aliphatic rings. The molecule has 5 nitrogen and oxygen atoms in total. The molecule has 1 N–H and O–H groups in total. The number of amides is 1. The summed E-state index contributed by atoms with van der Waals surface area (Å²) in [5.74, 6) is 0.582. The highest BCUT2D eigenvalue weighted by molar-refractivity contribution is 7.10. The summed E-state index contributed by atoms with van der Waals surface area (Å²) in [7, 11) is 1.63. The summed E-state index contributed by atoms with van der Waals surface area (Å²) < 4.78 is 18.5. The van der Waals surface area contributed by atoms with Gasteiger partial charge in [0.1, 0.15) is 11.6 Å². The van der Waals surface area contributed by atoms with E-state index in [0.29, 0.717) is 6.42 Å². The largest absolute Gasteiger partial charge is 0.497 e. The molecule has 1 aromatic heterocycles. The lowest BCUT2D eigenvalue weighted by Crippen LogP contribution is -2.52. The van der Waals surface area contributed by atoms with E-state index in [0.717, 1.165) is 43.2 Å². The first-order valence-electron chi connectivity index (χ1n) is 11.2. The second kappa shape index (κ2) is 10.8. The van der Waals surface area contributed by atoms with Gasteiger partial charge in [-0.25, -0.2) is 4.39 Å². The first kappa shape index (κ1) is 23.3. The zero-order valence-corrected chi connectivity index (χ0v) is 19.9. The van der Waals surface area contributed by atoms with Gasteiger partial charge in [-0.15, -0.1) is 11.3 Å². The first-order valence-corrected chi connectivity index (χ1v) is 12.1. The molecule has 2 aromatic carbocycles. The summed E-state index contributed by atoms with van der Waals surface area (Å²) in [4.78, 5) is 18.8. The van der Waals surface area contributed by atoms with Crippen LogP contribution in [0.5, 0.6) is 5.75 Å². The van der Waals surface area contributed by atoms with Gasteiger partial charge in [0, 0.05) is 42.8 Å². The van der Waals surface area contributed by atoms with Crippen LogP contribution in [0.2, 0.25) is 0 Å². The first-order chi connectivity index (χ1) is 16.0. The fourth-order valence-corrected chi connectivity index (χ4v) is 5.39. The quantitative estimate of drug-likeness (QED) is 0.530. The van der Waals surface area contributed by atoms with Crippen LogP contribution >= 0.6 is 11.3 Å². The molecular formula is C26H30FN3O2S. The molecule has 174 valence electrons. The fraction of sp³-hybridized carbons (Fsp3) is 0.346. The molecule has 1 saturated heterocycles. The van der Waals surface area contributed by atoms with Crippen LogP contribution in [-0.4, -0.2) is 50.1 Å². The molecule has 2 atom stereocenters. The van der Waals surface area contributed by atoms with E-state index in [1.54, 1.807) is 18.4 Å². The lowest BCUT2D eigenvalue weighted by atomic mass is 10.0. The summed E-state index contributed by atoms with van der Waals surface area (Å²) in [5, 5.41) is 5.32. The van der Waals surface area contributed by atoms with Crippen LogP contribution in [0, 0.1) is 5.82 Å². The Morgan fingerprint density at radius 3 is 2.36 bits per heavy atom. The van der Waals surface area contributed by atoms with E-state index in [-0.39, 0.29) is 23.8 Å². The van der Waals surface area contributed by atoms with E-state index in [1.807, 2.05) is 36.4 Å². The number of carbonyl (C=O) groups is 1. The summed E-state index contributed by atoms with van der Waals surface area (Å²) in [5.41, 5.74) is 2.01. The lowest BCUT2D eigenvalue weighted by molar-refractivity contribution is -0.121. The molecule has 33 heavy (non-hydrogen) atoms. The van der Waals surface area contributed by atoms with Gasteiger partial charge in [-0.05, 0) is 60.3 Å². The van der Waals surface area contributed by atoms with Crippen molar-refractivity contribution >= 4 is 22.9 Å². The topological polar surface area (TPSA) is 44.8 Å². The third kappa shape index (κ3) is 5.92. The van der Waals surface area contributed by atoms with Crippen molar-refractivity contribution < 1.29 is 13.9 Å². The highest BCUT2D eigenvalue weighted by atomic mass is 32.1. The molecule has 4 rings (SSSR count). The van der Waals surface area contributed by atoms with Crippen molar-refractivity contribution in [3.05, 3.63) is 82.3 Å². The minimum Gasteiger partial charge on any atom is -0.497 e. The second-order valence-corrected chi connectivity index (χ2v) is 9.32. The van der Waals surface area contributed by atoms with Crippen LogP contribution in [0.25, 0.3) is 0 Å². The number of rotatable bonds is 8. The lowest BCUT2D eigenvalue weighted by Gasteiger charge is -2.42. The fourth-order valence-electron chi connectivity index (χ4n) is 4.43. The number of nitrogens with zero attached hydrogens (tertiary/aromatic N) is 2. The maximum Gasteiger partial charge on any atom is 0.224 e. The Morgan fingerprint density at radius 2 is 1.76 bits per heavy atom. The van der Waals surface area contributed by atoms with Gasteiger partial charge in [-0.3, -0.25) is 9.69 Å². The van der Waals surface area contributed by atoms with E-state index in [9.17, 15) is 9.18 Å². The predicted octanol–water partition coefficient (Wildman–Crippen LogP) is 4.51. The van der Waals surface area contributed by atoms with Crippen LogP contribution in [0.15, 0.2) is 66.0 Å². The molecule has 0 saturated carbocycles. The Labute approximate surface area is 198 Å². The Morgan fingerprint density at radius 1 is 1.06 bits per heavy atom. The highest BCUT2D eigenvalue weighted by Crippen LogP contribution is 2.30. The van der Waals surface area contributed by atoms with Gasteiger partial charge in [0.25, 0.3) is 0 Å². The van der Waals surface area contributed by atoms with Gasteiger partial charge < -0.3 is 15.0 Å². The monoisotopic (exact) mass is 467 g/mol. The number of anilines is 1. The molecule has 2 heterocycles. The average molecular weight is 468 g/mol. The zero-order chi connectivity index (χ0) is 23.2. The summed E-state index contributed by atoms with van der Waals surface area (Å²) in [6.07, 6.45) is 0.337. The molecule has 1 fully saturated rings. The minimum absolute atomic E-state index is 0.0131. The Hall–Kier alpha value is -2.90. The molecule has 0 aliphatic carbocycles. The van der Waals surface area contributed by atoms with E-state index in [1.165, 1.54) is 17.0 Å². The predicted molar refractivity (Wildman–Crippen MR) is 132 cm³/mol. The van der Waals surface area contributed by atoms with Crippen molar-refractivity contribution in [2.24, 2.45) is 0 Å². The van der Waals surface area contributed by atoms with Gasteiger partial charge in [-0.2, -0.15) is 0 Å². The van der Waals surface area contributed by atoms with Gasteiger partial charge >= 0.3 is 0 Å². The van der Waals surface area contributed by atoms with Gasteiger partial charge in [0.15, 0.2) is 0 Å². The number of thiophene rings is 1. The Balaban J connectivity index is 1.39. The molecule has 1 aliphatic heterocycles. The Kier molecular flexibility index (Phi) is 7.62. The number of methoxy groups -OCH3 is 1. The number of piperazine rings is 1. The molecule has 7 heteroatoms. The number of carbonyl (C=O) groups excluding carboxylic acids is 1. The Bertz CT molecular complexity index is 1020. The van der Waals surface area contributed by atoms with Crippen molar-refractivity contribution in [3.63, 3.8) is 0 Å². The van der Waals surface area contributed by atoms with E-state index < -0.39 is 0 Å². The van der Waals surface area contributed by atoms with Crippen LogP contribution < -0.4 is 15.0 Å². The van der Waals surface area contributed by atoms with Crippen molar-refractivity contribution in [2.45, 2.75) is 25.4 Å². The maximum atomic E-state index is 13.3. The van der Waals surface area contributed by atoms with Crippen LogP contribution in [-0.2, 0) is 11.2 Å². The molecule has 0 unspecified atom stereocenters. The normalized spacial score (nSPS) is 16.3. The number of hydrogen-bond donors (Lipinski definition) is 1. The third-order valence-corrected chi connectivity index (χ3v) is 7.06. The number of nitrogens with one attached hydrogen (secondary N) is 1. The highest BCUT2D eigenvalue weighted by Gasteiger charge is 2.31. The maximum absolute atomic E-state index is 13.3. The molecular weight excluding hydrogens is 437 g/mol. The van der Waals surface area contributed by atoms with Gasteiger partial charge in [-0.1, -0.05) is 18.2 Å². The SMILES string of the molecule is COc1ccc(CC(=O)N[C@H](C)[C@@H](c2cccs2)N2CCN(c3ccc(F)cc3)CC2)cc1. The third-order valence-electron chi connectivity index (χ3n) is 6.12. The summed E-state index contributed by atoms with van der Waals surface area (Å²) in [6, 6.07) is 18.6. The van der Waals surface area contributed by atoms with E-state index in [4.69, 9.17) is 4.74 Å². The van der Waals surface area contributed by atoms with Crippen LogP contribution in [0.1, 0.15) is 23.4 Å². The van der Waals surface area contributed by atoms with Crippen molar-refractivity contribution in [1.82, 2.24) is 10.2 Å². The molecule has 0 bridgehead atoms. The molecule has 3 aromatic rings. The molecule has 0 spiro atoms. The van der Waals surface area contributed by atoms with E-state index >= 15 is 0 Å². The van der Waals surface area contributed by atoms with E-state index in [2.05, 4.69) is 39.6 Å². The number of hydrogen-bond acceptors (Lipinski definition) is 5. The number of halogens is 1. The average Bonchev–Trinajstić information content (AvgIpc) is 3.35. The van der Waals surface area contributed by atoms with Gasteiger partial charge in [0.05, 0.1) is 19.6 Å². The second-order valence-electron chi connectivity index (χ2n) is 8.34. The minimum atomic E-state index is -0.214. The standard InChI is InChI=1S/C26H30FN3O2S/c1-19(28-25(31)18-20-5-11-23(32-2)12-6-20)26(24-4-3-17-33-24)30-15-13-29(14-16-30)22-9-7-21(27)8-10-22/h3-12,17,19,26H,13-16,18H2,1-2H3,(H,28,31)/t19-,26+/m1/s1. The smallest absolute Gasteiger partial charge is 0.224 e. The summed E-state index contributed by atoms with van der Waals surface area (Å²) in [6.45, 7) is 5.56. The van der Waals surface area contributed by atoms with Gasteiger partial charge in [0.2, 0.25) is 5.91 Å². The zero-order valence-electron chi connectivity index (χ0n) is 19.0.